The number of carboxylic acid groups (broad SMARTS) is 1. The maximum absolute atomic E-state index is 11.0. The molecule has 1 aromatic heterocycles. The number of methoxy groups -OCH3 is 1. The summed E-state index contributed by atoms with van der Waals surface area (Å²) in [5.41, 5.74) is 0.676. The summed E-state index contributed by atoms with van der Waals surface area (Å²) in [5.74, 6) is -0.896. The van der Waals surface area contributed by atoms with Crippen LogP contribution < -0.4 is 0 Å². The van der Waals surface area contributed by atoms with Crippen molar-refractivity contribution in [1.29, 1.82) is 0 Å². The van der Waals surface area contributed by atoms with Crippen LogP contribution in [0.2, 0.25) is 0 Å². The quantitative estimate of drug-likeness (QED) is 0.806. The van der Waals surface area contributed by atoms with Crippen LogP contribution in [0.3, 0.4) is 0 Å². The molecule has 0 spiro atoms. The Balaban J connectivity index is 2.31. The van der Waals surface area contributed by atoms with Gasteiger partial charge < -0.3 is 9.84 Å². The van der Waals surface area contributed by atoms with E-state index in [2.05, 4.69) is 4.98 Å². The molecule has 0 aromatic carbocycles. The van der Waals surface area contributed by atoms with Gasteiger partial charge in [0, 0.05) is 24.9 Å². The van der Waals surface area contributed by atoms with Crippen molar-refractivity contribution in [3.05, 3.63) is 30.1 Å². The van der Waals surface area contributed by atoms with Crippen molar-refractivity contribution in [3.63, 3.8) is 0 Å². The first-order valence-electron chi connectivity index (χ1n) is 4.87. The van der Waals surface area contributed by atoms with Crippen LogP contribution in [0.15, 0.2) is 24.5 Å². The van der Waals surface area contributed by atoms with E-state index in [9.17, 15) is 4.79 Å². The minimum Gasteiger partial charge on any atom is -0.479 e. The number of carboxylic acids is 1. The molecule has 1 fully saturated rings. The fourth-order valence-corrected chi connectivity index (χ4v) is 2.08. The lowest BCUT2D eigenvalue weighted by atomic mass is 9.90. The van der Waals surface area contributed by atoms with E-state index in [4.69, 9.17) is 9.84 Å². The van der Waals surface area contributed by atoms with Crippen LogP contribution in [0, 0.1) is 0 Å². The van der Waals surface area contributed by atoms with Crippen molar-refractivity contribution >= 4 is 5.97 Å². The van der Waals surface area contributed by atoms with Gasteiger partial charge in [-0.25, -0.2) is 4.79 Å². The molecule has 2 rings (SSSR count). The number of nitrogens with zero attached hydrogens (tertiary/aromatic N) is 1. The standard InChI is InChI=1S/C11H13NO3/c1-15-9(10(13)14)11(4-5-11)8-2-6-12-7-3-8/h2-3,6-7,9H,4-5H2,1H3,(H,13,14). The second kappa shape index (κ2) is 3.62. The molecule has 1 aromatic rings. The van der Waals surface area contributed by atoms with Crippen LogP contribution in [0.25, 0.3) is 0 Å². The Morgan fingerprint density at radius 1 is 1.53 bits per heavy atom. The molecule has 1 aliphatic rings. The highest BCUT2D eigenvalue weighted by Gasteiger charge is 2.54. The summed E-state index contributed by atoms with van der Waals surface area (Å²) in [5, 5.41) is 9.07. The number of hydrogen-bond acceptors (Lipinski definition) is 3. The van der Waals surface area contributed by atoms with Crippen LogP contribution in [-0.4, -0.2) is 29.3 Å². The minimum atomic E-state index is -0.896. The molecule has 0 saturated heterocycles. The molecule has 1 aliphatic carbocycles. The zero-order valence-corrected chi connectivity index (χ0v) is 8.51. The zero-order valence-electron chi connectivity index (χ0n) is 8.51. The summed E-state index contributed by atoms with van der Waals surface area (Å²) in [4.78, 5) is 15.0. The molecular weight excluding hydrogens is 194 g/mol. The van der Waals surface area contributed by atoms with Crippen molar-refractivity contribution in [3.8, 4) is 0 Å². The Labute approximate surface area is 87.9 Å². The average molecular weight is 207 g/mol. The first-order chi connectivity index (χ1) is 7.20. The smallest absolute Gasteiger partial charge is 0.333 e. The Morgan fingerprint density at radius 3 is 2.53 bits per heavy atom. The van der Waals surface area contributed by atoms with E-state index in [0.29, 0.717) is 0 Å². The number of carbonyl (C=O) groups is 1. The SMILES string of the molecule is COC(C(=O)O)C1(c2ccncc2)CC1. The maximum atomic E-state index is 11.0. The Bertz CT molecular complexity index is 359. The van der Waals surface area contributed by atoms with Crippen LogP contribution >= 0.6 is 0 Å². The highest BCUT2D eigenvalue weighted by molar-refractivity contribution is 5.76. The zero-order chi connectivity index (χ0) is 10.9. The molecule has 1 heterocycles. The van der Waals surface area contributed by atoms with Crippen molar-refractivity contribution in [2.24, 2.45) is 0 Å². The second-order valence-electron chi connectivity index (χ2n) is 3.85. The van der Waals surface area contributed by atoms with Gasteiger partial charge in [0.1, 0.15) is 0 Å². The average Bonchev–Trinajstić information content (AvgIpc) is 3.01. The highest BCUT2D eigenvalue weighted by atomic mass is 16.5. The molecule has 1 unspecified atom stereocenters. The van der Waals surface area contributed by atoms with Gasteiger partial charge in [-0.15, -0.1) is 0 Å². The van der Waals surface area contributed by atoms with Gasteiger partial charge in [0.05, 0.1) is 0 Å². The largest absolute Gasteiger partial charge is 0.479 e. The van der Waals surface area contributed by atoms with Gasteiger partial charge in [-0.3, -0.25) is 4.98 Å². The molecule has 0 radical (unpaired) electrons. The molecule has 1 saturated carbocycles. The first-order valence-corrected chi connectivity index (χ1v) is 4.87. The first kappa shape index (κ1) is 10.1. The van der Waals surface area contributed by atoms with Gasteiger partial charge in [0.2, 0.25) is 0 Å². The van der Waals surface area contributed by atoms with Crippen molar-refractivity contribution in [1.82, 2.24) is 4.98 Å². The summed E-state index contributed by atoms with van der Waals surface area (Å²) >= 11 is 0. The molecule has 0 aliphatic heterocycles. The van der Waals surface area contributed by atoms with Gasteiger partial charge in [0.25, 0.3) is 0 Å². The van der Waals surface area contributed by atoms with Crippen molar-refractivity contribution in [2.75, 3.05) is 7.11 Å². The number of aliphatic carboxylic acids is 1. The minimum absolute atomic E-state index is 0.330. The van der Waals surface area contributed by atoms with Gasteiger partial charge in [-0.1, -0.05) is 0 Å². The third-order valence-corrected chi connectivity index (χ3v) is 3.01. The number of hydrogen-bond donors (Lipinski definition) is 1. The maximum Gasteiger partial charge on any atom is 0.333 e. The van der Waals surface area contributed by atoms with Crippen molar-refractivity contribution in [2.45, 2.75) is 24.4 Å². The lowest BCUT2D eigenvalue weighted by molar-refractivity contribution is -0.150. The molecular formula is C11H13NO3. The molecule has 1 atom stereocenters. The van der Waals surface area contributed by atoms with Gasteiger partial charge in [-0.2, -0.15) is 0 Å². The fourth-order valence-electron chi connectivity index (χ4n) is 2.08. The summed E-state index contributed by atoms with van der Waals surface area (Å²) in [7, 11) is 1.44. The molecule has 1 N–H and O–H groups in total. The van der Waals surface area contributed by atoms with Crippen molar-refractivity contribution < 1.29 is 14.6 Å². The Morgan fingerprint density at radius 2 is 2.13 bits per heavy atom. The van der Waals surface area contributed by atoms with Gasteiger partial charge >= 0.3 is 5.97 Å². The normalized spacial score (nSPS) is 19.5. The summed E-state index contributed by atoms with van der Waals surface area (Å²) in [6, 6.07) is 3.73. The molecule has 4 nitrogen and oxygen atoms in total. The van der Waals surface area contributed by atoms with E-state index >= 15 is 0 Å². The van der Waals surface area contributed by atoms with E-state index in [1.54, 1.807) is 12.4 Å². The monoisotopic (exact) mass is 207 g/mol. The van der Waals surface area contributed by atoms with E-state index in [0.717, 1.165) is 18.4 Å². The summed E-state index contributed by atoms with van der Waals surface area (Å²) < 4.78 is 5.07. The van der Waals surface area contributed by atoms with Crippen LogP contribution in [-0.2, 0) is 14.9 Å². The van der Waals surface area contributed by atoms with E-state index < -0.39 is 12.1 Å². The molecule has 4 heteroatoms. The second-order valence-corrected chi connectivity index (χ2v) is 3.85. The lowest BCUT2D eigenvalue weighted by Crippen LogP contribution is -2.35. The van der Waals surface area contributed by atoms with Gasteiger partial charge in [0.15, 0.2) is 6.10 Å². The Hall–Kier alpha value is -1.42. The molecule has 15 heavy (non-hydrogen) atoms. The fraction of sp³-hybridized carbons (Fsp3) is 0.455. The number of ether oxygens (including phenoxy) is 1. The summed E-state index contributed by atoms with van der Waals surface area (Å²) in [6.07, 6.45) is 4.34. The summed E-state index contributed by atoms with van der Waals surface area (Å²) in [6.45, 7) is 0. The predicted octanol–water partition coefficient (Wildman–Crippen LogP) is 1.21. The van der Waals surface area contributed by atoms with E-state index in [-0.39, 0.29) is 5.41 Å². The van der Waals surface area contributed by atoms with E-state index in [1.807, 2.05) is 12.1 Å². The lowest BCUT2D eigenvalue weighted by Gasteiger charge is -2.22. The third kappa shape index (κ3) is 1.61. The van der Waals surface area contributed by atoms with Crippen LogP contribution in [0.4, 0.5) is 0 Å². The number of rotatable bonds is 4. The molecule has 0 amide bonds. The highest BCUT2D eigenvalue weighted by Crippen LogP contribution is 2.51. The topological polar surface area (TPSA) is 59.4 Å². The number of aromatic nitrogens is 1. The Kier molecular flexibility index (Phi) is 2.44. The van der Waals surface area contributed by atoms with Crippen LogP contribution in [0.1, 0.15) is 18.4 Å². The number of pyridine rings is 1. The third-order valence-electron chi connectivity index (χ3n) is 3.01. The van der Waals surface area contributed by atoms with Gasteiger partial charge in [-0.05, 0) is 30.5 Å². The predicted molar refractivity (Wildman–Crippen MR) is 53.6 cm³/mol. The molecule has 80 valence electrons. The van der Waals surface area contributed by atoms with E-state index in [1.165, 1.54) is 7.11 Å². The van der Waals surface area contributed by atoms with Crippen LogP contribution in [0.5, 0.6) is 0 Å². The molecule has 0 bridgehead atoms.